The van der Waals surface area contributed by atoms with Gasteiger partial charge in [-0.1, -0.05) is 42.4 Å². The molecule has 0 aliphatic carbocycles. The fourth-order valence-corrected chi connectivity index (χ4v) is 1.94. The van der Waals surface area contributed by atoms with Crippen molar-refractivity contribution in [2.24, 2.45) is 10.9 Å². The largest absolute Gasteiger partial charge is 0.409 e. The van der Waals surface area contributed by atoms with Gasteiger partial charge in [0.25, 0.3) is 0 Å². The van der Waals surface area contributed by atoms with Crippen LogP contribution in [0.4, 0.5) is 5.69 Å². The van der Waals surface area contributed by atoms with Crippen LogP contribution >= 0.6 is 0 Å². The number of amidine groups is 1. The standard InChI is InChI=1S/C14H17N3O/c1-2-13(14(15)17-18)16-12-8-7-10-5-3-4-6-11(10)9-12/h3-9,13,16,18H,2H2,1H3,(H2,15,17). The lowest BCUT2D eigenvalue weighted by Gasteiger charge is -2.17. The Morgan fingerprint density at radius 3 is 2.67 bits per heavy atom. The Labute approximate surface area is 106 Å². The fraction of sp³-hybridized carbons (Fsp3) is 0.214. The minimum absolute atomic E-state index is 0.156. The predicted molar refractivity (Wildman–Crippen MR) is 75.1 cm³/mol. The second kappa shape index (κ2) is 5.40. The van der Waals surface area contributed by atoms with Gasteiger partial charge in [-0.2, -0.15) is 0 Å². The summed E-state index contributed by atoms with van der Waals surface area (Å²) in [6.07, 6.45) is 0.753. The molecule has 0 amide bonds. The van der Waals surface area contributed by atoms with Crippen molar-refractivity contribution in [2.75, 3.05) is 5.32 Å². The van der Waals surface area contributed by atoms with Crippen LogP contribution in [0.1, 0.15) is 13.3 Å². The molecule has 0 aromatic heterocycles. The first-order chi connectivity index (χ1) is 8.74. The van der Waals surface area contributed by atoms with E-state index in [1.54, 1.807) is 0 Å². The zero-order valence-electron chi connectivity index (χ0n) is 10.3. The lowest BCUT2D eigenvalue weighted by molar-refractivity contribution is 0.316. The van der Waals surface area contributed by atoms with Gasteiger partial charge in [0.05, 0.1) is 6.04 Å². The average molecular weight is 243 g/mol. The summed E-state index contributed by atoms with van der Waals surface area (Å²) >= 11 is 0. The Morgan fingerprint density at radius 1 is 1.28 bits per heavy atom. The maximum atomic E-state index is 8.71. The number of fused-ring (bicyclic) bond motifs is 1. The second-order valence-electron chi connectivity index (χ2n) is 4.19. The molecule has 0 heterocycles. The molecule has 94 valence electrons. The van der Waals surface area contributed by atoms with E-state index in [9.17, 15) is 0 Å². The second-order valence-corrected chi connectivity index (χ2v) is 4.19. The van der Waals surface area contributed by atoms with Crippen molar-refractivity contribution in [3.63, 3.8) is 0 Å². The molecular formula is C14H17N3O. The summed E-state index contributed by atoms with van der Waals surface area (Å²) in [5.41, 5.74) is 6.59. The smallest absolute Gasteiger partial charge is 0.161 e. The van der Waals surface area contributed by atoms with Gasteiger partial charge >= 0.3 is 0 Å². The molecule has 1 atom stereocenters. The van der Waals surface area contributed by atoms with Crippen molar-refractivity contribution >= 4 is 22.3 Å². The summed E-state index contributed by atoms with van der Waals surface area (Å²) in [6.45, 7) is 1.98. The van der Waals surface area contributed by atoms with Crippen LogP contribution in [-0.2, 0) is 0 Å². The summed E-state index contributed by atoms with van der Waals surface area (Å²) in [4.78, 5) is 0. The lowest BCUT2D eigenvalue weighted by atomic mass is 10.1. The van der Waals surface area contributed by atoms with E-state index in [1.165, 1.54) is 5.39 Å². The monoisotopic (exact) mass is 243 g/mol. The summed E-state index contributed by atoms with van der Waals surface area (Å²) in [7, 11) is 0. The number of nitrogens with zero attached hydrogens (tertiary/aromatic N) is 1. The van der Waals surface area contributed by atoms with Crippen molar-refractivity contribution in [3.8, 4) is 0 Å². The van der Waals surface area contributed by atoms with Crippen LogP contribution in [0.3, 0.4) is 0 Å². The summed E-state index contributed by atoms with van der Waals surface area (Å²) < 4.78 is 0. The topological polar surface area (TPSA) is 70.6 Å². The first-order valence-corrected chi connectivity index (χ1v) is 5.97. The molecule has 18 heavy (non-hydrogen) atoms. The molecule has 0 spiro atoms. The molecule has 0 aliphatic heterocycles. The number of benzene rings is 2. The Morgan fingerprint density at radius 2 is 2.00 bits per heavy atom. The van der Waals surface area contributed by atoms with Crippen LogP contribution in [0.15, 0.2) is 47.6 Å². The van der Waals surface area contributed by atoms with E-state index in [1.807, 2.05) is 25.1 Å². The van der Waals surface area contributed by atoms with E-state index in [2.05, 4.69) is 34.7 Å². The third kappa shape index (κ3) is 2.53. The van der Waals surface area contributed by atoms with Crippen molar-refractivity contribution in [1.82, 2.24) is 0 Å². The van der Waals surface area contributed by atoms with E-state index < -0.39 is 0 Å². The average Bonchev–Trinajstić information content (AvgIpc) is 2.43. The highest BCUT2D eigenvalue weighted by Crippen LogP contribution is 2.19. The molecule has 0 fully saturated rings. The van der Waals surface area contributed by atoms with Gasteiger partial charge in [0.2, 0.25) is 0 Å². The number of hydrogen-bond acceptors (Lipinski definition) is 3. The van der Waals surface area contributed by atoms with Gasteiger partial charge in [-0.05, 0) is 29.3 Å². The van der Waals surface area contributed by atoms with Gasteiger partial charge in [0.15, 0.2) is 5.84 Å². The molecule has 0 saturated carbocycles. The zero-order valence-corrected chi connectivity index (χ0v) is 10.3. The number of anilines is 1. The molecule has 2 aromatic carbocycles. The van der Waals surface area contributed by atoms with Gasteiger partial charge in [-0.25, -0.2) is 0 Å². The third-order valence-electron chi connectivity index (χ3n) is 2.97. The first kappa shape index (κ1) is 12.2. The molecule has 0 saturated heterocycles. The highest BCUT2D eigenvalue weighted by Gasteiger charge is 2.11. The lowest BCUT2D eigenvalue weighted by Crippen LogP contribution is -2.35. The van der Waals surface area contributed by atoms with Crippen LogP contribution in [0, 0.1) is 0 Å². The molecule has 2 rings (SSSR count). The highest BCUT2D eigenvalue weighted by atomic mass is 16.4. The van der Waals surface area contributed by atoms with Gasteiger partial charge < -0.3 is 16.3 Å². The van der Waals surface area contributed by atoms with E-state index in [4.69, 9.17) is 10.9 Å². The Hall–Kier alpha value is -2.23. The number of hydrogen-bond donors (Lipinski definition) is 3. The first-order valence-electron chi connectivity index (χ1n) is 5.97. The maximum absolute atomic E-state index is 8.71. The Balaban J connectivity index is 2.26. The predicted octanol–water partition coefficient (Wildman–Crippen LogP) is 2.78. The van der Waals surface area contributed by atoms with Crippen LogP contribution < -0.4 is 11.1 Å². The Bertz CT molecular complexity index is 566. The van der Waals surface area contributed by atoms with Crippen molar-refractivity contribution in [3.05, 3.63) is 42.5 Å². The number of oxime groups is 1. The van der Waals surface area contributed by atoms with Crippen LogP contribution in [0.25, 0.3) is 10.8 Å². The minimum atomic E-state index is -0.156. The summed E-state index contributed by atoms with van der Waals surface area (Å²) in [5, 5.41) is 17.4. The number of rotatable bonds is 4. The van der Waals surface area contributed by atoms with Crippen LogP contribution in [-0.4, -0.2) is 17.1 Å². The highest BCUT2D eigenvalue weighted by molar-refractivity contribution is 5.90. The van der Waals surface area contributed by atoms with Crippen LogP contribution in [0.5, 0.6) is 0 Å². The van der Waals surface area contributed by atoms with Gasteiger partial charge in [-0.15, -0.1) is 0 Å². The summed E-state index contributed by atoms with van der Waals surface area (Å²) in [5.74, 6) is 0.200. The molecule has 2 aromatic rings. The molecule has 0 bridgehead atoms. The number of nitrogens with two attached hydrogens (primary N) is 1. The number of nitrogens with one attached hydrogen (secondary N) is 1. The Kier molecular flexibility index (Phi) is 3.67. The van der Waals surface area contributed by atoms with Gasteiger partial charge in [0, 0.05) is 5.69 Å². The van der Waals surface area contributed by atoms with E-state index in [0.29, 0.717) is 0 Å². The van der Waals surface area contributed by atoms with Crippen molar-refractivity contribution in [2.45, 2.75) is 19.4 Å². The molecule has 0 aliphatic rings. The molecular weight excluding hydrogens is 226 g/mol. The van der Waals surface area contributed by atoms with Gasteiger partial charge in [0.1, 0.15) is 0 Å². The van der Waals surface area contributed by atoms with Gasteiger partial charge in [-0.3, -0.25) is 0 Å². The SMILES string of the molecule is CCC(Nc1ccc2ccccc2c1)/C(N)=N/O. The van der Waals surface area contributed by atoms with E-state index in [0.717, 1.165) is 17.5 Å². The minimum Gasteiger partial charge on any atom is -0.409 e. The molecule has 4 N–H and O–H groups in total. The van der Waals surface area contributed by atoms with Crippen LogP contribution in [0.2, 0.25) is 0 Å². The fourth-order valence-electron chi connectivity index (χ4n) is 1.94. The zero-order chi connectivity index (χ0) is 13.0. The van der Waals surface area contributed by atoms with Crippen molar-refractivity contribution < 1.29 is 5.21 Å². The molecule has 4 nitrogen and oxygen atoms in total. The molecule has 0 radical (unpaired) electrons. The normalized spacial score (nSPS) is 13.5. The third-order valence-corrected chi connectivity index (χ3v) is 2.97. The van der Waals surface area contributed by atoms with E-state index >= 15 is 0 Å². The van der Waals surface area contributed by atoms with E-state index in [-0.39, 0.29) is 11.9 Å². The summed E-state index contributed by atoms with van der Waals surface area (Å²) in [6, 6.07) is 14.1. The quantitative estimate of drug-likeness (QED) is 0.334. The molecule has 4 heteroatoms. The maximum Gasteiger partial charge on any atom is 0.161 e. The van der Waals surface area contributed by atoms with Crippen molar-refractivity contribution in [1.29, 1.82) is 0 Å². The molecule has 1 unspecified atom stereocenters.